The van der Waals surface area contributed by atoms with Gasteiger partial charge in [0.1, 0.15) is 11.9 Å². The standard InChI is InChI=1S/C8H17NO2/c1-2-3-4-7(10)8(11)5-6-9/h4,8,10-11H,2-3,5-6,9H2,1H3/b7-4+/t8-/m0/s1. The van der Waals surface area contributed by atoms with Gasteiger partial charge in [0.25, 0.3) is 0 Å². The average molecular weight is 159 g/mol. The van der Waals surface area contributed by atoms with Gasteiger partial charge in [0.05, 0.1) is 0 Å². The van der Waals surface area contributed by atoms with Crippen LogP contribution in [0.25, 0.3) is 0 Å². The monoisotopic (exact) mass is 159 g/mol. The SMILES string of the molecule is CCC/C=C(/O)[C@@H](O)CCN. The normalized spacial score (nSPS) is 15.0. The molecule has 11 heavy (non-hydrogen) atoms. The predicted octanol–water partition coefficient (Wildman–Crippen LogP) is 0.938. The summed E-state index contributed by atoms with van der Waals surface area (Å²) in [6.45, 7) is 2.41. The van der Waals surface area contributed by atoms with E-state index in [4.69, 9.17) is 15.9 Å². The van der Waals surface area contributed by atoms with Gasteiger partial charge in [0.15, 0.2) is 0 Å². The lowest BCUT2D eigenvalue weighted by molar-refractivity contribution is 0.146. The zero-order chi connectivity index (χ0) is 8.69. The molecule has 4 N–H and O–H groups in total. The fourth-order valence-corrected chi connectivity index (χ4v) is 0.734. The van der Waals surface area contributed by atoms with E-state index in [1.54, 1.807) is 6.08 Å². The van der Waals surface area contributed by atoms with Crippen LogP contribution in [0.5, 0.6) is 0 Å². The van der Waals surface area contributed by atoms with Crippen LogP contribution in [-0.2, 0) is 0 Å². The van der Waals surface area contributed by atoms with Crippen LogP contribution >= 0.6 is 0 Å². The van der Waals surface area contributed by atoms with E-state index in [0.717, 1.165) is 12.8 Å². The minimum Gasteiger partial charge on any atom is -0.510 e. The minimum absolute atomic E-state index is 0.0531. The molecule has 0 aromatic carbocycles. The van der Waals surface area contributed by atoms with Crippen LogP contribution in [0.15, 0.2) is 11.8 Å². The van der Waals surface area contributed by atoms with E-state index >= 15 is 0 Å². The second kappa shape index (κ2) is 6.19. The summed E-state index contributed by atoms with van der Waals surface area (Å²) in [4.78, 5) is 0. The number of aliphatic hydroxyl groups excluding tert-OH is 2. The van der Waals surface area contributed by atoms with Crippen molar-refractivity contribution >= 4 is 0 Å². The average Bonchev–Trinajstić information content (AvgIpc) is 2.00. The van der Waals surface area contributed by atoms with Crippen LogP contribution < -0.4 is 5.73 Å². The second-order valence-corrected chi connectivity index (χ2v) is 2.51. The van der Waals surface area contributed by atoms with Gasteiger partial charge in [-0.1, -0.05) is 13.3 Å². The van der Waals surface area contributed by atoms with E-state index in [-0.39, 0.29) is 5.76 Å². The van der Waals surface area contributed by atoms with Gasteiger partial charge < -0.3 is 15.9 Å². The Morgan fingerprint density at radius 2 is 2.27 bits per heavy atom. The number of nitrogens with two attached hydrogens (primary N) is 1. The van der Waals surface area contributed by atoms with Crippen molar-refractivity contribution in [2.75, 3.05) is 6.54 Å². The maximum absolute atomic E-state index is 9.15. The van der Waals surface area contributed by atoms with Crippen LogP contribution in [0.4, 0.5) is 0 Å². The topological polar surface area (TPSA) is 66.5 Å². The van der Waals surface area contributed by atoms with Crippen LogP contribution in [0.3, 0.4) is 0 Å². The Morgan fingerprint density at radius 3 is 2.73 bits per heavy atom. The van der Waals surface area contributed by atoms with Crippen molar-refractivity contribution in [3.05, 3.63) is 11.8 Å². The van der Waals surface area contributed by atoms with E-state index < -0.39 is 6.10 Å². The van der Waals surface area contributed by atoms with Gasteiger partial charge in [-0.05, 0) is 25.5 Å². The molecule has 0 radical (unpaired) electrons. The van der Waals surface area contributed by atoms with Crippen molar-refractivity contribution in [1.29, 1.82) is 0 Å². The highest BCUT2D eigenvalue weighted by atomic mass is 16.3. The van der Waals surface area contributed by atoms with Gasteiger partial charge in [-0.3, -0.25) is 0 Å². The summed E-state index contributed by atoms with van der Waals surface area (Å²) in [5, 5.41) is 18.3. The van der Waals surface area contributed by atoms with Crippen molar-refractivity contribution in [2.45, 2.75) is 32.3 Å². The number of unbranched alkanes of at least 4 members (excludes halogenated alkanes) is 1. The van der Waals surface area contributed by atoms with Crippen molar-refractivity contribution in [3.63, 3.8) is 0 Å². The van der Waals surface area contributed by atoms with E-state index in [9.17, 15) is 0 Å². The molecular formula is C8H17NO2. The minimum atomic E-state index is -0.772. The molecule has 0 aliphatic carbocycles. The Bertz CT molecular complexity index is 123. The largest absolute Gasteiger partial charge is 0.510 e. The maximum atomic E-state index is 9.15. The Labute approximate surface area is 67.5 Å². The summed E-state index contributed by atoms with van der Waals surface area (Å²) in [7, 11) is 0. The number of aliphatic hydroxyl groups is 2. The first kappa shape index (κ1) is 10.5. The lowest BCUT2D eigenvalue weighted by atomic mass is 10.2. The molecular weight excluding hydrogens is 142 g/mol. The highest BCUT2D eigenvalue weighted by Crippen LogP contribution is 2.03. The van der Waals surface area contributed by atoms with Crippen molar-refractivity contribution < 1.29 is 10.2 Å². The van der Waals surface area contributed by atoms with Crippen LogP contribution in [-0.4, -0.2) is 22.9 Å². The van der Waals surface area contributed by atoms with Gasteiger partial charge in [-0.2, -0.15) is 0 Å². The molecule has 3 heteroatoms. The molecule has 0 bridgehead atoms. The van der Waals surface area contributed by atoms with Crippen LogP contribution in [0, 0.1) is 0 Å². The van der Waals surface area contributed by atoms with E-state index in [0.29, 0.717) is 13.0 Å². The first-order valence-electron chi connectivity index (χ1n) is 3.99. The van der Waals surface area contributed by atoms with E-state index in [1.807, 2.05) is 6.92 Å². The summed E-state index contributed by atoms with van der Waals surface area (Å²) < 4.78 is 0. The summed E-state index contributed by atoms with van der Waals surface area (Å²) >= 11 is 0. The lowest BCUT2D eigenvalue weighted by Crippen LogP contribution is -2.15. The van der Waals surface area contributed by atoms with Gasteiger partial charge in [-0.25, -0.2) is 0 Å². The molecule has 0 rings (SSSR count). The highest BCUT2D eigenvalue weighted by Gasteiger charge is 2.06. The molecule has 66 valence electrons. The second-order valence-electron chi connectivity index (χ2n) is 2.51. The molecule has 0 heterocycles. The highest BCUT2D eigenvalue weighted by molar-refractivity contribution is 4.97. The summed E-state index contributed by atoms with van der Waals surface area (Å²) in [6.07, 6.45) is 3.06. The first-order valence-corrected chi connectivity index (χ1v) is 3.99. The fraction of sp³-hybridized carbons (Fsp3) is 0.750. The summed E-state index contributed by atoms with van der Waals surface area (Å²) in [5.74, 6) is 0.0531. The van der Waals surface area contributed by atoms with Gasteiger partial charge >= 0.3 is 0 Å². The smallest absolute Gasteiger partial charge is 0.117 e. The fourth-order valence-electron chi connectivity index (χ4n) is 0.734. The molecule has 3 nitrogen and oxygen atoms in total. The molecule has 0 amide bonds. The maximum Gasteiger partial charge on any atom is 0.117 e. The molecule has 0 unspecified atom stereocenters. The Morgan fingerprint density at radius 1 is 1.64 bits per heavy atom. The van der Waals surface area contributed by atoms with E-state index in [2.05, 4.69) is 0 Å². The van der Waals surface area contributed by atoms with Crippen LogP contribution in [0.2, 0.25) is 0 Å². The molecule has 1 atom stereocenters. The lowest BCUT2D eigenvalue weighted by Gasteiger charge is -2.07. The summed E-state index contributed by atoms with van der Waals surface area (Å²) in [6, 6.07) is 0. The molecule has 0 aliphatic rings. The third-order valence-electron chi connectivity index (χ3n) is 1.42. The third kappa shape index (κ3) is 4.81. The molecule has 0 aromatic rings. The number of allylic oxidation sites excluding steroid dienone is 1. The molecule has 0 aromatic heterocycles. The molecule has 0 saturated heterocycles. The van der Waals surface area contributed by atoms with Crippen molar-refractivity contribution in [1.82, 2.24) is 0 Å². The van der Waals surface area contributed by atoms with E-state index in [1.165, 1.54) is 0 Å². The van der Waals surface area contributed by atoms with Crippen molar-refractivity contribution in [3.8, 4) is 0 Å². The first-order chi connectivity index (χ1) is 5.22. The molecule has 0 fully saturated rings. The van der Waals surface area contributed by atoms with Gasteiger partial charge in [0.2, 0.25) is 0 Å². The predicted molar refractivity (Wildman–Crippen MR) is 45.3 cm³/mol. The number of hydrogen-bond acceptors (Lipinski definition) is 3. The zero-order valence-electron chi connectivity index (χ0n) is 6.95. The molecule has 0 aliphatic heterocycles. The Kier molecular flexibility index (Phi) is 5.88. The Hall–Kier alpha value is -0.540. The van der Waals surface area contributed by atoms with Crippen LogP contribution in [0.1, 0.15) is 26.2 Å². The zero-order valence-corrected chi connectivity index (χ0v) is 6.95. The third-order valence-corrected chi connectivity index (χ3v) is 1.42. The number of hydrogen-bond donors (Lipinski definition) is 3. The van der Waals surface area contributed by atoms with Gasteiger partial charge in [0, 0.05) is 0 Å². The molecule has 0 spiro atoms. The quantitative estimate of drug-likeness (QED) is 0.523. The van der Waals surface area contributed by atoms with Crippen molar-refractivity contribution in [2.24, 2.45) is 5.73 Å². The van der Waals surface area contributed by atoms with Gasteiger partial charge in [-0.15, -0.1) is 0 Å². The Balaban J connectivity index is 3.69. The number of rotatable bonds is 5. The molecule has 0 saturated carbocycles. The summed E-state index contributed by atoms with van der Waals surface area (Å²) in [5.41, 5.74) is 5.20.